The van der Waals surface area contributed by atoms with Crippen LogP contribution in [0.1, 0.15) is 32.0 Å². The minimum Gasteiger partial charge on any atom is -0.497 e. The summed E-state index contributed by atoms with van der Waals surface area (Å²) in [7, 11) is 1.62. The van der Waals surface area contributed by atoms with Gasteiger partial charge in [-0.1, -0.05) is 5.16 Å². The number of nitrogens with one attached hydrogen (secondary N) is 2. The minimum absolute atomic E-state index is 0.195. The Bertz CT molecular complexity index is 987. The molecule has 158 valence electrons. The number of aromatic amines is 1. The van der Waals surface area contributed by atoms with Gasteiger partial charge < -0.3 is 24.6 Å². The molecular formula is C22H26N4O4. The van der Waals surface area contributed by atoms with Crippen LogP contribution in [0.3, 0.4) is 0 Å². The van der Waals surface area contributed by atoms with Gasteiger partial charge in [-0.2, -0.15) is 0 Å². The van der Waals surface area contributed by atoms with Gasteiger partial charge >= 0.3 is 6.09 Å². The predicted molar refractivity (Wildman–Crippen MR) is 115 cm³/mol. The summed E-state index contributed by atoms with van der Waals surface area (Å²) in [5.74, 6) is 0.751. The van der Waals surface area contributed by atoms with E-state index in [2.05, 4.69) is 20.4 Å². The molecule has 0 unspecified atom stereocenters. The lowest BCUT2D eigenvalue weighted by atomic mass is 10.1. The van der Waals surface area contributed by atoms with Crippen LogP contribution in [0.4, 0.5) is 4.79 Å². The maximum atomic E-state index is 11.7. The first-order chi connectivity index (χ1) is 14.4. The summed E-state index contributed by atoms with van der Waals surface area (Å²) in [6.07, 6.45) is 3.01. The standard InChI is InChI=1S/C22H26N4O4/c1-22(2,3)30-21(27)24-11-12-29-26-20(15-5-7-17(28-4)8-6-15)18-13-16-9-10-23-14-19(16)25-18/h5-10,13-14,25H,11-12H2,1-4H3,(H,24,27). The van der Waals surface area contributed by atoms with Gasteiger partial charge in [0.15, 0.2) is 0 Å². The van der Waals surface area contributed by atoms with E-state index in [4.69, 9.17) is 14.3 Å². The third-order valence-electron chi connectivity index (χ3n) is 4.06. The largest absolute Gasteiger partial charge is 0.497 e. The zero-order chi connectivity index (χ0) is 21.6. The first kappa shape index (κ1) is 21.2. The lowest BCUT2D eigenvalue weighted by Gasteiger charge is -2.19. The van der Waals surface area contributed by atoms with E-state index in [9.17, 15) is 4.79 Å². The Balaban J connectivity index is 1.73. The second-order valence-electron chi connectivity index (χ2n) is 7.58. The van der Waals surface area contributed by atoms with E-state index in [1.54, 1.807) is 19.5 Å². The molecule has 2 N–H and O–H groups in total. The predicted octanol–water partition coefficient (Wildman–Crippen LogP) is 3.87. The van der Waals surface area contributed by atoms with Crippen LogP contribution in [-0.4, -0.2) is 47.6 Å². The van der Waals surface area contributed by atoms with Crippen molar-refractivity contribution in [2.75, 3.05) is 20.3 Å². The smallest absolute Gasteiger partial charge is 0.407 e. The Morgan fingerprint density at radius 2 is 1.97 bits per heavy atom. The molecule has 0 saturated heterocycles. The summed E-state index contributed by atoms with van der Waals surface area (Å²) >= 11 is 0. The highest BCUT2D eigenvalue weighted by molar-refractivity contribution is 6.13. The van der Waals surface area contributed by atoms with Gasteiger partial charge in [0.2, 0.25) is 0 Å². The van der Waals surface area contributed by atoms with Crippen LogP contribution in [0.15, 0.2) is 53.9 Å². The molecule has 0 bridgehead atoms. The number of ether oxygens (including phenoxy) is 2. The van der Waals surface area contributed by atoms with E-state index in [-0.39, 0.29) is 13.2 Å². The fourth-order valence-electron chi connectivity index (χ4n) is 2.73. The van der Waals surface area contributed by atoms with Crippen molar-refractivity contribution in [2.45, 2.75) is 26.4 Å². The lowest BCUT2D eigenvalue weighted by Crippen LogP contribution is -2.34. The van der Waals surface area contributed by atoms with Crippen LogP contribution in [0.25, 0.3) is 10.9 Å². The monoisotopic (exact) mass is 410 g/mol. The number of hydrogen-bond donors (Lipinski definition) is 2. The number of benzene rings is 1. The number of carbonyl (C=O) groups excluding carboxylic acids is 1. The molecule has 2 heterocycles. The van der Waals surface area contributed by atoms with Gasteiger partial charge in [0.05, 0.1) is 31.1 Å². The molecule has 0 atom stereocenters. The molecule has 0 saturated carbocycles. The molecule has 2 aromatic heterocycles. The van der Waals surface area contributed by atoms with Crippen molar-refractivity contribution in [1.82, 2.24) is 15.3 Å². The molecule has 0 fully saturated rings. The number of oxime groups is 1. The molecule has 0 aliphatic carbocycles. The van der Waals surface area contributed by atoms with Crippen molar-refractivity contribution < 1.29 is 19.1 Å². The number of fused-ring (bicyclic) bond motifs is 1. The Labute approximate surface area is 175 Å². The molecule has 3 aromatic rings. The average Bonchev–Trinajstić information content (AvgIpc) is 3.13. The van der Waals surface area contributed by atoms with Crippen LogP contribution in [0.5, 0.6) is 5.75 Å². The Morgan fingerprint density at radius 1 is 1.20 bits per heavy atom. The van der Waals surface area contributed by atoms with Gasteiger partial charge in [0.25, 0.3) is 0 Å². The number of rotatable bonds is 7. The zero-order valence-corrected chi connectivity index (χ0v) is 17.6. The first-order valence-corrected chi connectivity index (χ1v) is 9.60. The number of H-pyrrole nitrogens is 1. The number of hydrogen-bond acceptors (Lipinski definition) is 6. The number of methoxy groups -OCH3 is 1. The SMILES string of the molecule is COc1ccc(C(=NOCCNC(=O)OC(C)(C)C)c2cc3ccncc3[nH]2)cc1. The van der Waals surface area contributed by atoms with Gasteiger partial charge in [-0.3, -0.25) is 4.98 Å². The van der Waals surface area contributed by atoms with Crippen LogP contribution in [0.2, 0.25) is 0 Å². The van der Waals surface area contributed by atoms with E-state index in [0.717, 1.165) is 27.9 Å². The van der Waals surface area contributed by atoms with Gasteiger partial charge in [0.1, 0.15) is 23.7 Å². The van der Waals surface area contributed by atoms with Crippen molar-refractivity contribution in [3.63, 3.8) is 0 Å². The quantitative estimate of drug-likeness (QED) is 0.350. The summed E-state index contributed by atoms with van der Waals surface area (Å²) in [6, 6.07) is 11.4. The first-order valence-electron chi connectivity index (χ1n) is 9.60. The number of carbonyl (C=O) groups is 1. The number of amides is 1. The third-order valence-corrected chi connectivity index (χ3v) is 4.06. The van der Waals surface area contributed by atoms with Crippen LogP contribution < -0.4 is 10.1 Å². The highest BCUT2D eigenvalue weighted by Gasteiger charge is 2.16. The fourth-order valence-corrected chi connectivity index (χ4v) is 2.73. The summed E-state index contributed by atoms with van der Waals surface area (Å²) in [5.41, 5.74) is 2.64. The van der Waals surface area contributed by atoms with Crippen molar-refractivity contribution in [1.29, 1.82) is 0 Å². The van der Waals surface area contributed by atoms with Crippen molar-refractivity contribution >= 4 is 22.7 Å². The Kier molecular flexibility index (Phi) is 6.56. The Hall–Kier alpha value is -3.55. The summed E-state index contributed by atoms with van der Waals surface area (Å²) in [6.45, 7) is 5.89. The summed E-state index contributed by atoms with van der Waals surface area (Å²) in [4.78, 5) is 24.7. The molecule has 8 heteroatoms. The third kappa shape index (κ3) is 5.73. The zero-order valence-electron chi connectivity index (χ0n) is 17.6. The maximum Gasteiger partial charge on any atom is 0.407 e. The van der Waals surface area contributed by atoms with E-state index in [0.29, 0.717) is 5.71 Å². The minimum atomic E-state index is -0.547. The van der Waals surface area contributed by atoms with Gasteiger partial charge in [0, 0.05) is 17.1 Å². The van der Waals surface area contributed by atoms with Crippen molar-refractivity contribution in [3.8, 4) is 5.75 Å². The van der Waals surface area contributed by atoms with Crippen molar-refractivity contribution in [2.24, 2.45) is 5.16 Å². The molecule has 1 amide bonds. The summed E-state index contributed by atoms with van der Waals surface area (Å²) < 4.78 is 10.4. The fraction of sp³-hybridized carbons (Fsp3) is 0.318. The average molecular weight is 410 g/mol. The maximum absolute atomic E-state index is 11.7. The van der Waals surface area contributed by atoms with E-state index >= 15 is 0 Å². The molecule has 0 radical (unpaired) electrons. The normalized spacial score (nSPS) is 11.9. The summed E-state index contributed by atoms with van der Waals surface area (Å²) in [5, 5.41) is 7.98. The molecule has 30 heavy (non-hydrogen) atoms. The molecule has 8 nitrogen and oxygen atoms in total. The van der Waals surface area contributed by atoms with E-state index < -0.39 is 11.7 Å². The lowest BCUT2D eigenvalue weighted by molar-refractivity contribution is 0.0502. The highest BCUT2D eigenvalue weighted by atomic mass is 16.6. The number of nitrogens with zero attached hydrogens (tertiary/aromatic N) is 2. The van der Waals surface area contributed by atoms with Crippen molar-refractivity contribution in [3.05, 3.63) is 60.0 Å². The van der Waals surface area contributed by atoms with E-state index in [1.165, 1.54) is 0 Å². The molecule has 0 spiro atoms. The number of alkyl carbamates (subject to hydrolysis) is 1. The van der Waals surface area contributed by atoms with Crippen LogP contribution in [0, 0.1) is 0 Å². The molecule has 0 aliphatic heterocycles. The molecule has 3 rings (SSSR count). The second kappa shape index (κ2) is 9.30. The van der Waals surface area contributed by atoms with Gasteiger partial charge in [-0.25, -0.2) is 4.79 Å². The molecular weight excluding hydrogens is 384 g/mol. The van der Waals surface area contributed by atoms with Gasteiger partial charge in [-0.05, 0) is 57.2 Å². The number of pyridine rings is 1. The van der Waals surface area contributed by atoms with E-state index in [1.807, 2.05) is 57.2 Å². The Morgan fingerprint density at radius 3 is 2.63 bits per heavy atom. The topological polar surface area (TPSA) is 97.8 Å². The second-order valence-corrected chi connectivity index (χ2v) is 7.58. The number of aromatic nitrogens is 2. The van der Waals surface area contributed by atoms with Gasteiger partial charge in [-0.15, -0.1) is 0 Å². The highest BCUT2D eigenvalue weighted by Crippen LogP contribution is 2.19. The molecule has 0 aliphatic rings. The molecule has 1 aromatic carbocycles. The van der Waals surface area contributed by atoms with Crippen LogP contribution >= 0.6 is 0 Å². The van der Waals surface area contributed by atoms with Crippen LogP contribution in [-0.2, 0) is 9.57 Å².